The molecule has 26 heavy (non-hydrogen) atoms. The summed E-state index contributed by atoms with van der Waals surface area (Å²) in [4.78, 5) is 31.1. The monoisotopic (exact) mass is 370 g/mol. The van der Waals surface area contributed by atoms with E-state index < -0.39 is 10.2 Å². The number of amides is 1. The van der Waals surface area contributed by atoms with E-state index in [1.165, 1.54) is 12.1 Å². The van der Waals surface area contributed by atoms with Gasteiger partial charge in [-0.25, -0.2) is 4.98 Å². The van der Waals surface area contributed by atoms with E-state index in [1.54, 1.807) is 43.6 Å². The van der Waals surface area contributed by atoms with Gasteiger partial charge in [0.1, 0.15) is 5.69 Å². The number of hydrogen-bond acceptors (Lipinski definition) is 7. The molecule has 3 rings (SSSR count). The molecule has 9 nitrogen and oxygen atoms in total. The van der Waals surface area contributed by atoms with Crippen molar-refractivity contribution in [3.8, 4) is 11.4 Å². The maximum atomic E-state index is 12.3. The van der Waals surface area contributed by atoms with E-state index in [4.69, 9.17) is 0 Å². The van der Waals surface area contributed by atoms with Crippen LogP contribution in [0.3, 0.4) is 0 Å². The van der Waals surface area contributed by atoms with Crippen molar-refractivity contribution in [3.63, 3.8) is 0 Å². The Balaban J connectivity index is 1.67. The van der Waals surface area contributed by atoms with Gasteiger partial charge in [-0.05, 0) is 25.1 Å². The number of rotatable bonds is 6. The number of nitro groups is 1. The molecule has 1 aromatic carbocycles. The topological polar surface area (TPSA) is 127 Å². The first-order chi connectivity index (χ1) is 12.5. The van der Waals surface area contributed by atoms with Crippen LogP contribution in [0, 0.1) is 10.1 Å². The number of aromatic amines is 1. The number of benzene rings is 1. The zero-order chi connectivity index (χ0) is 18.5. The number of pyridine rings is 1. The minimum absolute atomic E-state index is 0.155. The van der Waals surface area contributed by atoms with Gasteiger partial charge >= 0.3 is 0 Å². The highest BCUT2D eigenvalue weighted by Crippen LogP contribution is 2.26. The summed E-state index contributed by atoms with van der Waals surface area (Å²) in [5, 5.41) is 20.4. The number of H-pyrrole nitrogens is 1. The molecule has 0 aliphatic rings. The minimum atomic E-state index is -0.545. The molecule has 0 unspecified atom stereocenters. The first kappa shape index (κ1) is 17.5. The van der Waals surface area contributed by atoms with E-state index in [0.717, 1.165) is 17.3 Å². The van der Waals surface area contributed by atoms with E-state index in [-0.39, 0.29) is 17.3 Å². The van der Waals surface area contributed by atoms with Gasteiger partial charge in [0.25, 0.3) is 5.69 Å². The highest BCUT2D eigenvalue weighted by atomic mass is 32.2. The predicted octanol–water partition coefficient (Wildman–Crippen LogP) is 2.89. The Labute approximate surface area is 152 Å². The molecule has 1 atom stereocenters. The van der Waals surface area contributed by atoms with Crippen LogP contribution in [-0.4, -0.2) is 36.2 Å². The van der Waals surface area contributed by atoms with Crippen LogP contribution in [0.4, 0.5) is 11.4 Å². The molecule has 0 saturated carbocycles. The van der Waals surface area contributed by atoms with E-state index in [2.05, 4.69) is 25.5 Å². The molecule has 132 valence electrons. The number of para-hydroxylation sites is 2. The van der Waals surface area contributed by atoms with Crippen molar-refractivity contribution >= 4 is 29.0 Å². The van der Waals surface area contributed by atoms with Gasteiger partial charge in [-0.1, -0.05) is 23.9 Å². The van der Waals surface area contributed by atoms with Crippen molar-refractivity contribution in [1.82, 2.24) is 20.2 Å². The van der Waals surface area contributed by atoms with Gasteiger partial charge in [0.05, 0.1) is 10.2 Å². The second-order valence-corrected chi connectivity index (χ2v) is 6.53. The third-order valence-electron chi connectivity index (χ3n) is 3.43. The second-order valence-electron chi connectivity index (χ2n) is 5.23. The lowest BCUT2D eigenvalue weighted by Crippen LogP contribution is -2.23. The third kappa shape index (κ3) is 4.03. The number of nitrogens with one attached hydrogen (secondary N) is 2. The number of nitro benzene ring substituents is 1. The fraction of sp³-hybridized carbons (Fsp3) is 0.125. The molecule has 2 N–H and O–H groups in total. The normalized spacial score (nSPS) is 11.7. The van der Waals surface area contributed by atoms with Crippen LogP contribution in [0.1, 0.15) is 6.92 Å². The number of thioether (sulfide) groups is 1. The van der Waals surface area contributed by atoms with Crippen LogP contribution in [0.15, 0.2) is 53.9 Å². The summed E-state index contributed by atoms with van der Waals surface area (Å²) in [6.45, 7) is 1.68. The molecular weight excluding hydrogens is 356 g/mol. The number of carbonyl (C=O) groups excluding carboxylic acids is 1. The summed E-state index contributed by atoms with van der Waals surface area (Å²) in [6.07, 6.45) is 3.29. The lowest BCUT2D eigenvalue weighted by molar-refractivity contribution is -0.383. The number of anilines is 1. The summed E-state index contributed by atoms with van der Waals surface area (Å²) in [5.41, 5.74) is 0.828. The van der Waals surface area contributed by atoms with Gasteiger partial charge in [0.15, 0.2) is 5.82 Å². The second kappa shape index (κ2) is 7.74. The average Bonchev–Trinajstić information content (AvgIpc) is 3.11. The molecule has 0 bridgehead atoms. The van der Waals surface area contributed by atoms with Gasteiger partial charge in [-0.3, -0.25) is 25.0 Å². The Morgan fingerprint density at radius 1 is 1.27 bits per heavy atom. The van der Waals surface area contributed by atoms with Gasteiger partial charge in [0, 0.05) is 24.0 Å². The summed E-state index contributed by atoms with van der Waals surface area (Å²) < 4.78 is 0. The van der Waals surface area contributed by atoms with Gasteiger partial charge in [-0.15, -0.1) is 5.10 Å². The Morgan fingerprint density at radius 2 is 2.00 bits per heavy atom. The van der Waals surface area contributed by atoms with Crippen molar-refractivity contribution in [2.24, 2.45) is 0 Å². The van der Waals surface area contributed by atoms with Crippen LogP contribution >= 0.6 is 11.8 Å². The molecule has 1 amide bonds. The van der Waals surface area contributed by atoms with E-state index in [9.17, 15) is 14.9 Å². The quantitative estimate of drug-likeness (QED) is 0.388. The minimum Gasteiger partial charge on any atom is -0.319 e. The maximum Gasteiger partial charge on any atom is 0.292 e. The van der Waals surface area contributed by atoms with Crippen molar-refractivity contribution in [1.29, 1.82) is 0 Å². The highest BCUT2D eigenvalue weighted by molar-refractivity contribution is 8.00. The molecule has 2 heterocycles. The summed E-state index contributed by atoms with van der Waals surface area (Å²) >= 11 is 1.15. The first-order valence-corrected chi connectivity index (χ1v) is 8.46. The zero-order valence-corrected chi connectivity index (χ0v) is 14.4. The molecule has 0 fully saturated rings. The predicted molar refractivity (Wildman–Crippen MR) is 96.7 cm³/mol. The number of carbonyl (C=O) groups is 1. The molecular formula is C16H14N6O3S. The maximum absolute atomic E-state index is 12.3. The zero-order valence-electron chi connectivity index (χ0n) is 13.6. The number of nitrogens with zero attached hydrogens (tertiary/aromatic N) is 4. The highest BCUT2D eigenvalue weighted by Gasteiger charge is 2.21. The molecule has 0 radical (unpaired) electrons. The first-order valence-electron chi connectivity index (χ1n) is 7.58. The lowest BCUT2D eigenvalue weighted by Gasteiger charge is -2.10. The van der Waals surface area contributed by atoms with Crippen LogP contribution in [0.2, 0.25) is 0 Å². The summed E-state index contributed by atoms with van der Waals surface area (Å²) in [5.74, 6) is 0.195. The number of aromatic nitrogens is 4. The smallest absolute Gasteiger partial charge is 0.292 e. The summed E-state index contributed by atoms with van der Waals surface area (Å²) in [7, 11) is 0. The molecule has 10 heteroatoms. The Hall–Kier alpha value is -3.27. The van der Waals surface area contributed by atoms with Gasteiger partial charge < -0.3 is 5.32 Å². The molecule has 0 aliphatic heterocycles. The van der Waals surface area contributed by atoms with Crippen molar-refractivity contribution in [3.05, 3.63) is 58.9 Å². The van der Waals surface area contributed by atoms with E-state index >= 15 is 0 Å². The van der Waals surface area contributed by atoms with E-state index in [1.807, 2.05) is 0 Å². The lowest BCUT2D eigenvalue weighted by atomic mass is 10.2. The largest absolute Gasteiger partial charge is 0.319 e. The molecule has 0 saturated heterocycles. The van der Waals surface area contributed by atoms with Crippen molar-refractivity contribution in [2.75, 3.05) is 5.32 Å². The molecule has 0 spiro atoms. The Kier molecular flexibility index (Phi) is 5.23. The Morgan fingerprint density at radius 3 is 2.73 bits per heavy atom. The van der Waals surface area contributed by atoms with Crippen LogP contribution in [0.25, 0.3) is 11.4 Å². The van der Waals surface area contributed by atoms with Gasteiger partial charge in [-0.2, -0.15) is 0 Å². The third-order valence-corrected chi connectivity index (χ3v) is 4.39. The fourth-order valence-electron chi connectivity index (χ4n) is 2.12. The van der Waals surface area contributed by atoms with Gasteiger partial charge in [0.2, 0.25) is 11.1 Å². The molecule has 0 aliphatic carbocycles. The SMILES string of the molecule is C[C@@H](Sc1n[nH]c(-c2ccncc2)n1)C(=O)Nc1ccccc1[N+](=O)[O-]. The summed E-state index contributed by atoms with van der Waals surface area (Å²) in [6, 6.07) is 9.57. The molecule has 2 aromatic heterocycles. The molecule has 3 aromatic rings. The average molecular weight is 370 g/mol. The van der Waals surface area contributed by atoms with Crippen LogP contribution < -0.4 is 5.32 Å². The van der Waals surface area contributed by atoms with E-state index in [0.29, 0.717) is 11.0 Å². The fourth-order valence-corrected chi connectivity index (χ4v) is 2.85. The van der Waals surface area contributed by atoms with Crippen LogP contribution in [-0.2, 0) is 4.79 Å². The van der Waals surface area contributed by atoms with Crippen LogP contribution in [0.5, 0.6) is 0 Å². The van der Waals surface area contributed by atoms with Crippen molar-refractivity contribution in [2.45, 2.75) is 17.3 Å². The van der Waals surface area contributed by atoms with Crippen molar-refractivity contribution < 1.29 is 9.72 Å². The number of hydrogen-bond donors (Lipinski definition) is 2. The Bertz CT molecular complexity index is 930. The standard InChI is InChI=1S/C16H14N6O3S/c1-10(15(23)18-12-4-2-3-5-13(12)22(24)25)26-16-19-14(20-21-16)11-6-8-17-9-7-11/h2-10H,1H3,(H,18,23)(H,19,20,21)/t10-/m1/s1.